The molecule has 3 nitrogen and oxygen atoms in total. The van der Waals surface area contributed by atoms with Crippen molar-refractivity contribution in [3.05, 3.63) is 0 Å². The molecular weight excluding hydrogens is 190 g/mol. The lowest BCUT2D eigenvalue weighted by atomic mass is 9.77. The maximum absolute atomic E-state index is 11.8. The van der Waals surface area contributed by atoms with Crippen molar-refractivity contribution < 1.29 is 9.53 Å². The van der Waals surface area contributed by atoms with Crippen LogP contribution in [0.2, 0.25) is 0 Å². The minimum absolute atomic E-state index is 0.118. The molecule has 0 heterocycles. The Hall–Kier alpha value is -0.570. The fourth-order valence-corrected chi connectivity index (χ4v) is 2.47. The van der Waals surface area contributed by atoms with Gasteiger partial charge in [0.1, 0.15) is 11.6 Å². The highest BCUT2D eigenvalue weighted by molar-refractivity contribution is 5.81. The van der Waals surface area contributed by atoms with E-state index in [9.17, 15) is 4.79 Å². The van der Waals surface area contributed by atoms with E-state index in [1.54, 1.807) is 0 Å². The van der Waals surface area contributed by atoms with Gasteiger partial charge in [-0.1, -0.05) is 13.3 Å². The van der Waals surface area contributed by atoms with Crippen LogP contribution in [0.4, 0.5) is 0 Å². The van der Waals surface area contributed by atoms with E-state index in [2.05, 4.69) is 6.92 Å². The zero-order valence-electron chi connectivity index (χ0n) is 9.50. The van der Waals surface area contributed by atoms with Crippen LogP contribution >= 0.6 is 0 Å². The fourth-order valence-electron chi connectivity index (χ4n) is 2.47. The molecule has 0 saturated heterocycles. The molecule has 2 unspecified atom stereocenters. The lowest BCUT2D eigenvalue weighted by Gasteiger charge is -2.38. The summed E-state index contributed by atoms with van der Waals surface area (Å²) in [7, 11) is 0. The highest BCUT2D eigenvalue weighted by atomic mass is 16.5. The van der Waals surface area contributed by atoms with Crippen molar-refractivity contribution in [2.24, 2.45) is 11.7 Å². The van der Waals surface area contributed by atoms with Gasteiger partial charge in [0, 0.05) is 0 Å². The van der Waals surface area contributed by atoms with Crippen molar-refractivity contribution in [3.63, 3.8) is 0 Å². The quantitative estimate of drug-likeness (QED) is 0.711. The van der Waals surface area contributed by atoms with E-state index in [0.29, 0.717) is 5.92 Å². The van der Waals surface area contributed by atoms with Crippen molar-refractivity contribution in [2.45, 2.75) is 63.5 Å². The van der Waals surface area contributed by atoms with E-state index in [4.69, 9.17) is 10.5 Å². The highest BCUT2D eigenvalue weighted by Crippen LogP contribution is 2.33. The standard InChI is InChI=1S/C12H21NO2/c1-9-5-2-3-6-10(9)15-11(14)12(13)7-4-8-12/h9-10H,2-8,13H2,1H3. The van der Waals surface area contributed by atoms with E-state index in [-0.39, 0.29) is 12.1 Å². The molecule has 0 aromatic heterocycles. The molecule has 0 bridgehead atoms. The van der Waals surface area contributed by atoms with Crippen LogP contribution in [0.3, 0.4) is 0 Å². The largest absolute Gasteiger partial charge is 0.461 e. The Labute approximate surface area is 91.4 Å². The van der Waals surface area contributed by atoms with Crippen LogP contribution in [0.25, 0.3) is 0 Å². The second-order valence-electron chi connectivity index (χ2n) is 5.22. The predicted molar refractivity (Wildman–Crippen MR) is 58.3 cm³/mol. The monoisotopic (exact) mass is 211 g/mol. The first-order chi connectivity index (χ1) is 7.12. The molecule has 2 aliphatic rings. The summed E-state index contributed by atoms with van der Waals surface area (Å²) in [6.07, 6.45) is 7.42. The maximum atomic E-state index is 11.8. The van der Waals surface area contributed by atoms with Gasteiger partial charge in [-0.2, -0.15) is 0 Å². The van der Waals surface area contributed by atoms with Crippen LogP contribution in [0.1, 0.15) is 51.9 Å². The predicted octanol–water partition coefficient (Wildman–Crippen LogP) is 1.99. The second kappa shape index (κ2) is 4.12. The SMILES string of the molecule is CC1CCCCC1OC(=O)C1(N)CCC1. The van der Waals surface area contributed by atoms with Crippen molar-refractivity contribution in [2.75, 3.05) is 0 Å². The van der Waals surface area contributed by atoms with Crippen LogP contribution in [-0.2, 0) is 9.53 Å². The van der Waals surface area contributed by atoms with Gasteiger partial charge in [-0.05, 0) is 44.4 Å². The summed E-state index contributed by atoms with van der Waals surface area (Å²) < 4.78 is 5.55. The van der Waals surface area contributed by atoms with Crippen LogP contribution < -0.4 is 5.73 Å². The molecule has 0 radical (unpaired) electrons. The zero-order chi connectivity index (χ0) is 10.9. The highest BCUT2D eigenvalue weighted by Gasteiger charge is 2.43. The third-order valence-corrected chi connectivity index (χ3v) is 3.94. The zero-order valence-corrected chi connectivity index (χ0v) is 9.50. The van der Waals surface area contributed by atoms with Crippen LogP contribution in [0.5, 0.6) is 0 Å². The average Bonchev–Trinajstić information content (AvgIpc) is 2.18. The molecule has 0 spiro atoms. The smallest absolute Gasteiger partial charge is 0.326 e. The third-order valence-electron chi connectivity index (χ3n) is 3.94. The van der Waals surface area contributed by atoms with E-state index >= 15 is 0 Å². The van der Waals surface area contributed by atoms with Gasteiger partial charge in [-0.25, -0.2) is 0 Å². The molecule has 0 amide bonds. The Morgan fingerprint density at radius 3 is 2.47 bits per heavy atom. The summed E-state index contributed by atoms with van der Waals surface area (Å²) in [5.74, 6) is 0.346. The van der Waals surface area contributed by atoms with Crippen LogP contribution in [0.15, 0.2) is 0 Å². The van der Waals surface area contributed by atoms with Crippen molar-refractivity contribution in [3.8, 4) is 0 Å². The molecule has 2 rings (SSSR count). The van der Waals surface area contributed by atoms with Gasteiger partial charge < -0.3 is 10.5 Å². The molecule has 15 heavy (non-hydrogen) atoms. The van der Waals surface area contributed by atoms with Gasteiger partial charge in [0.25, 0.3) is 0 Å². The summed E-state index contributed by atoms with van der Waals surface area (Å²) in [6, 6.07) is 0. The van der Waals surface area contributed by atoms with Gasteiger partial charge >= 0.3 is 5.97 Å². The first-order valence-electron chi connectivity index (χ1n) is 6.12. The Kier molecular flexibility index (Phi) is 3.01. The van der Waals surface area contributed by atoms with Crippen LogP contribution in [0, 0.1) is 5.92 Å². The molecule has 0 aromatic carbocycles. The molecule has 0 aliphatic heterocycles. The summed E-state index contributed by atoms with van der Waals surface area (Å²) in [5.41, 5.74) is 5.29. The fraction of sp³-hybridized carbons (Fsp3) is 0.917. The first-order valence-corrected chi connectivity index (χ1v) is 6.12. The van der Waals surface area contributed by atoms with Crippen molar-refractivity contribution >= 4 is 5.97 Å². The minimum Gasteiger partial charge on any atom is -0.461 e. The molecule has 3 heteroatoms. The number of carbonyl (C=O) groups is 1. The number of ether oxygens (including phenoxy) is 1. The molecule has 2 N–H and O–H groups in total. The van der Waals surface area contributed by atoms with E-state index in [1.807, 2.05) is 0 Å². The summed E-state index contributed by atoms with van der Waals surface area (Å²) in [4.78, 5) is 11.8. The van der Waals surface area contributed by atoms with Gasteiger partial charge in [-0.3, -0.25) is 4.79 Å². The lowest BCUT2D eigenvalue weighted by molar-refractivity contribution is -0.163. The molecule has 2 saturated carbocycles. The van der Waals surface area contributed by atoms with Crippen molar-refractivity contribution in [1.82, 2.24) is 0 Å². The molecule has 2 aliphatic carbocycles. The molecule has 86 valence electrons. The van der Waals surface area contributed by atoms with Crippen molar-refractivity contribution in [1.29, 1.82) is 0 Å². The summed E-state index contributed by atoms with van der Waals surface area (Å²) in [6.45, 7) is 2.17. The van der Waals surface area contributed by atoms with E-state index in [0.717, 1.165) is 25.7 Å². The topological polar surface area (TPSA) is 52.3 Å². The molecule has 2 fully saturated rings. The van der Waals surface area contributed by atoms with Crippen LogP contribution in [-0.4, -0.2) is 17.6 Å². The Morgan fingerprint density at radius 1 is 1.27 bits per heavy atom. The number of nitrogens with two attached hydrogens (primary N) is 1. The number of carbonyl (C=O) groups excluding carboxylic acids is 1. The Morgan fingerprint density at radius 2 is 1.93 bits per heavy atom. The second-order valence-corrected chi connectivity index (χ2v) is 5.22. The first kappa shape index (κ1) is 10.9. The molecule has 0 aromatic rings. The maximum Gasteiger partial charge on any atom is 0.326 e. The van der Waals surface area contributed by atoms with Gasteiger partial charge in [-0.15, -0.1) is 0 Å². The summed E-state index contributed by atoms with van der Waals surface area (Å²) in [5, 5.41) is 0. The van der Waals surface area contributed by atoms with Gasteiger partial charge in [0.2, 0.25) is 0 Å². The third kappa shape index (κ3) is 2.17. The number of hydrogen-bond donors (Lipinski definition) is 1. The lowest BCUT2D eigenvalue weighted by Crippen LogP contribution is -2.55. The number of esters is 1. The molecule has 2 atom stereocenters. The Bertz CT molecular complexity index is 248. The number of rotatable bonds is 2. The van der Waals surface area contributed by atoms with Gasteiger partial charge in [0.05, 0.1) is 0 Å². The van der Waals surface area contributed by atoms with E-state index in [1.165, 1.54) is 19.3 Å². The van der Waals surface area contributed by atoms with E-state index < -0.39 is 5.54 Å². The average molecular weight is 211 g/mol. The minimum atomic E-state index is -0.642. The summed E-state index contributed by atoms with van der Waals surface area (Å²) >= 11 is 0. The van der Waals surface area contributed by atoms with Gasteiger partial charge in [0.15, 0.2) is 0 Å². The normalized spacial score (nSPS) is 34.3. The Balaban J connectivity index is 1.87. The number of hydrogen-bond acceptors (Lipinski definition) is 3. The molecular formula is C12H21NO2.